The zero-order valence-electron chi connectivity index (χ0n) is 12.4. The zero-order valence-corrected chi connectivity index (χ0v) is 14.7. The summed E-state index contributed by atoms with van der Waals surface area (Å²) in [6.07, 6.45) is 0. The van der Waals surface area contributed by atoms with Crippen molar-refractivity contribution in [2.24, 2.45) is 0 Å². The molecule has 0 spiro atoms. The van der Waals surface area contributed by atoms with Gasteiger partial charge in [0.1, 0.15) is 9.71 Å². The Morgan fingerprint density at radius 3 is 2.65 bits per heavy atom. The van der Waals surface area contributed by atoms with E-state index in [-0.39, 0.29) is 5.91 Å². The second kappa shape index (κ2) is 6.00. The molecule has 0 bridgehead atoms. The molecule has 0 unspecified atom stereocenters. The van der Waals surface area contributed by atoms with Crippen molar-refractivity contribution in [1.82, 2.24) is 4.98 Å². The quantitative estimate of drug-likeness (QED) is 0.667. The Kier molecular flexibility index (Phi) is 4.19. The molecule has 3 aromatic rings. The largest absolute Gasteiger partial charge is 0.397 e. The number of halogens is 2. The number of fused-ring (bicyclic) bond motifs is 1. The van der Waals surface area contributed by atoms with Gasteiger partial charge in [-0.3, -0.25) is 4.79 Å². The van der Waals surface area contributed by atoms with E-state index < -0.39 is 0 Å². The van der Waals surface area contributed by atoms with E-state index in [1.807, 2.05) is 19.9 Å². The summed E-state index contributed by atoms with van der Waals surface area (Å²) in [5.74, 6) is -0.292. The highest BCUT2D eigenvalue weighted by Crippen LogP contribution is 2.34. The lowest BCUT2D eigenvalue weighted by atomic mass is 10.1. The molecule has 0 radical (unpaired) electrons. The number of thiophene rings is 1. The molecule has 0 saturated carbocycles. The van der Waals surface area contributed by atoms with Crippen LogP contribution in [0.25, 0.3) is 10.2 Å². The normalized spacial score (nSPS) is 11.0. The highest BCUT2D eigenvalue weighted by molar-refractivity contribution is 7.21. The number of anilines is 2. The molecule has 1 amide bonds. The smallest absolute Gasteiger partial charge is 0.267 e. The van der Waals surface area contributed by atoms with Gasteiger partial charge in [0.2, 0.25) is 0 Å². The Morgan fingerprint density at radius 1 is 1.22 bits per heavy atom. The van der Waals surface area contributed by atoms with Crippen LogP contribution in [-0.2, 0) is 0 Å². The van der Waals surface area contributed by atoms with Crippen LogP contribution in [0.15, 0.2) is 24.3 Å². The van der Waals surface area contributed by atoms with Crippen LogP contribution in [0.3, 0.4) is 0 Å². The van der Waals surface area contributed by atoms with E-state index in [1.54, 1.807) is 18.2 Å². The van der Waals surface area contributed by atoms with Crippen LogP contribution < -0.4 is 11.1 Å². The lowest BCUT2D eigenvalue weighted by molar-refractivity contribution is 0.103. The van der Waals surface area contributed by atoms with Crippen molar-refractivity contribution in [2.45, 2.75) is 13.8 Å². The van der Waals surface area contributed by atoms with Gasteiger partial charge in [-0.05, 0) is 43.7 Å². The molecular weight excluding hydrogens is 353 g/mol. The summed E-state index contributed by atoms with van der Waals surface area (Å²) < 4.78 is 0. The van der Waals surface area contributed by atoms with Crippen molar-refractivity contribution in [3.63, 3.8) is 0 Å². The molecule has 0 saturated heterocycles. The van der Waals surface area contributed by atoms with Gasteiger partial charge in [0.15, 0.2) is 0 Å². The van der Waals surface area contributed by atoms with E-state index >= 15 is 0 Å². The maximum absolute atomic E-state index is 12.5. The molecule has 0 atom stereocenters. The first kappa shape index (κ1) is 16.1. The number of carbonyl (C=O) groups is 1. The fraction of sp³-hybridized carbons (Fsp3) is 0.125. The Bertz CT molecular complexity index is 937. The Morgan fingerprint density at radius 2 is 1.96 bits per heavy atom. The molecule has 0 aliphatic heterocycles. The van der Waals surface area contributed by atoms with Crippen LogP contribution in [-0.4, -0.2) is 10.9 Å². The summed E-state index contributed by atoms with van der Waals surface area (Å²) >= 11 is 13.1. The summed E-state index contributed by atoms with van der Waals surface area (Å²) in [4.78, 5) is 18.2. The number of nitrogen functional groups attached to an aromatic ring is 1. The van der Waals surface area contributed by atoms with Crippen molar-refractivity contribution >= 4 is 62.0 Å². The van der Waals surface area contributed by atoms with E-state index in [0.29, 0.717) is 26.3 Å². The molecule has 23 heavy (non-hydrogen) atoms. The van der Waals surface area contributed by atoms with Crippen LogP contribution in [0, 0.1) is 13.8 Å². The number of hydrogen-bond acceptors (Lipinski definition) is 4. The predicted molar refractivity (Wildman–Crippen MR) is 97.9 cm³/mol. The fourth-order valence-electron chi connectivity index (χ4n) is 2.16. The number of carbonyl (C=O) groups excluding carboxylic acids is 1. The van der Waals surface area contributed by atoms with Gasteiger partial charge in [-0.15, -0.1) is 11.3 Å². The van der Waals surface area contributed by atoms with Crippen molar-refractivity contribution in [2.75, 3.05) is 11.1 Å². The molecule has 7 heteroatoms. The molecule has 0 aliphatic carbocycles. The average Bonchev–Trinajstić information content (AvgIpc) is 2.80. The van der Waals surface area contributed by atoms with Crippen molar-refractivity contribution in [1.29, 1.82) is 0 Å². The number of nitrogens with one attached hydrogen (secondary N) is 1. The van der Waals surface area contributed by atoms with E-state index in [4.69, 9.17) is 28.9 Å². The number of aryl methyl sites for hydroxylation is 2. The summed E-state index contributed by atoms with van der Waals surface area (Å²) in [5.41, 5.74) is 9.10. The lowest BCUT2D eigenvalue weighted by Gasteiger charge is -2.05. The monoisotopic (exact) mass is 365 g/mol. The number of amides is 1. The number of rotatable bonds is 2. The van der Waals surface area contributed by atoms with Gasteiger partial charge < -0.3 is 11.1 Å². The van der Waals surface area contributed by atoms with Gasteiger partial charge in [-0.25, -0.2) is 4.98 Å². The van der Waals surface area contributed by atoms with E-state index in [1.165, 1.54) is 11.3 Å². The number of pyridine rings is 1. The maximum atomic E-state index is 12.5. The Labute approximate surface area is 147 Å². The SMILES string of the molecule is Cc1cc2c(N)c(C(=O)Nc3ccc(Cl)c(Cl)c3)sc2nc1C. The molecule has 0 fully saturated rings. The summed E-state index contributed by atoms with van der Waals surface area (Å²) in [7, 11) is 0. The molecule has 118 valence electrons. The number of nitrogens with two attached hydrogens (primary N) is 1. The highest BCUT2D eigenvalue weighted by atomic mass is 35.5. The summed E-state index contributed by atoms with van der Waals surface area (Å²) in [5, 5.41) is 4.39. The second-order valence-electron chi connectivity index (χ2n) is 5.17. The number of nitrogens with zero attached hydrogens (tertiary/aromatic N) is 1. The number of hydrogen-bond donors (Lipinski definition) is 2. The molecule has 2 heterocycles. The van der Waals surface area contributed by atoms with Crippen molar-refractivity contribution in [3.05, 3.63) is 50.4 Å². The topological polar surface area (TPSA) is 68.0 Å². The van der Waals surface area contributed by atoms with E-state index in [9.17, 15) is 4.79 Å². The average molecular weight is 366 g/mol. The third-order valence-electron chi connectivity index (χ3n) is 3.55. The van der Waals surface area contributed by atoms with Crippen molar-refractivity contribution < 1.29 is 4.79 Å². The molecule has 4 nitrogen and oxygen atoms in total. The molecule has 0 aliphatic rings. The van der Waals surface area contributed by atoms with Gasteiger partial charge in [0.05, 0.1) is 15.7 Å². The van der Waals surface area contributed by atoms with E-state index in [0.717, 1.165) is 21.5 Å². The van der Waals surface area contributed by atoms with Crippen LogP contribution in [0.4, 0.5) is 11.4 Å². The Hall–Kier alpha value is -1.82. The third kappa shape index (κ3) is 3.00. The van der Waals surface area contributed by atoms with Crippen molar-refractivity contribution in [3.8, 4) is 0 Å². The minimum absolute atomic E-state index is 0.292. The minimum Gasteiger partial charge on any atom is -0.397 e. The summed E-state index contributed by atoms with van der Waals surface area (Å²) in [6.45, 7) is 3.90. The standard InChI is InChI=1S/C16H13Cl2N3OS/c1-7-5-10-13(19)14(23-16(10)20-8(7)2)15(22)21-9-3-4-11(17)12(18)6-9/h3-6H,19H2,1-2H3,(H,21,22). The first-order valence-corrected chi connectivity index (χ1v) is 8.36. The lowest BCUT2D eigenvalue weighted by Crippen LogP contribution is -2.11. The minimum atomic E-state index is -0.292. The van der Waals surface area contributed by atoms with Gasteiger partial charge in [-0.2, -0.15) is 0 Å². The molecule has 3 rings (SSSR count). The van der Waals surface area contributed by atoms with Crippen LogP contribution in [0.2, 0.25) is 10.0 Å². The van der Waals surface area contributed by atoms with E-state index in [2.05, 4.69) is 10.3 Å². The first-order chi connectivity index (χ1) is 10.9. The molecule has 2 aromatic heterocycles. The number of benzene rings is 1. The van der Waals surface area contributed by atoms with Crippen LogP contribution in [0.1, 0.15) is 20.9 Å². The van der Waals surface area contributed by atoms with Crippen LogP contribution >= 0.6 is 34.5 Å². The maximum Gasteiger partial charge on any atom is 0.267 e. The molecule has 3 N–H and O–H groups in total. The Balaban J connectivity index is 1.97. The first-order valence-electron chi connectivity index (χ1n) is 6.79. The van der Waals surface area contributed by atoms with Gasteiger partial charge in [-0.1, -0.05) is 23.2 Å². The second-order valence-corrected chi connectivity index (χ2v) is 6.98. The predicted octanol–water partition coefficient (Wildman–Crippen LogP) is 5.05. The van der Waals surface area contributed by atoms with Gasteiger partial charge in [0.25, 0.3) is 5.91 Å². The van der Waals surface area contributed by atoms with Gasteiger partial charge in [0, 0.05) is 16.8 Å². The molecule has 1 aromatic carbocycles. The highest BCUT2D eigenvalue weighted by Gasteiger charge is 2.18. The zero-order chi connectivity index (χ0) is 16.7. The van der Waals surface area contributed by atoms with Crippen LogP contribution in [0.5, 0.6) is 0 Å². The molecular formula is C16H13Cl2N3OS. The van der Waals surface area contributed by atoms with Gasteiger partial charge >= 0.3 is 0 Å². The summed E-state index contributed by atoms with van der Waals surface area (Å²) in [6, 6.07) is 6.86. The third-order valence-corrected chi connectivity index (χ3v) is 5.40. The fourth-order valence-corrected chi connectivity index (χ4v) is 3.48. The number of aromatic nitrogens is 1.